The number of methoxy groups -OCH3 is 2. The number of carbonyl (C=O) groups is 1. The number of ether oxygens (including phenoxy) is 2. The molecule has 0 atom stereocenters. The topological polar surface area (TPSA) is 60.5 Å². The summed E-state index contributed by atoms with van der Waals surface area (Å²) in [7, 11) is 3.17. The lowest BCUT2D eigenvalue weighted by molar-refractivity contribution is 0.0950. The number of amides is 1. The maximum atomic E-state index is 12.0. The SMILES string of the molecule is COc1ccc(CNC(=O)c2ccc(C)nc2)cc1OC. The van der Waals surface area contributed by atoms with Crippen LogP contribution in [-0.2, 0) is 6.54 Å². The van der Waals surface area contributed by atoms with Crippen molar-refractivity contribution in [2.24, 2.45) is 0 Å². The fourth-order valence-corrected chi connectivity index (χ4v) is 1.88. The van der Waals surface area contributed by atoms with Gasteiger partial charge in [-0.3, -0.25) is 9.78 Å². The Morgan fingerprint density at radius 3 is 2.52 bits per heavy atom. The summed E-state index contributed by atoms with van der Waals surface area (Å²) in [5.74, 6) is 1.15. The molecule has 1 N–H and O–H groups in total. The van der Waals surface area contributed by atoms with Crippen LogP contribution < -0.4 is 14.8 Å². The lowest BCUT2D eigenvalue weighted by atomic mass is 10.2. The first-order valence-corrected chi connectivity index (χ1v) is 6.56. The van der Waals surface area contributed by atoms with Crippen LogP contribution in [0.3, 0.4) is 0 Å². The largest absolute Gasteiger partial charge is 0.493 e. The average Bonchev–Trinajstić information content (AvgIpc) is 2.52. The molecule has 1 amide bonds. The highest BCUT2D eigenvalue weighted by atomic mass is 16.5. The third-order valence-corrected chi connectivity index (χ3v) is 3.07. The molecule has 5 nitrogen and oxygen atoms in total. The van der Waals surface area contributed by atoms with Gasteiger partial charge in [-0.2, -0.15) is 0 Å². The number of hydrogen-bond donors (Lipinski definition) is 1. The molecule has 0 saturated carbocycles. The van der Waals surface area contributed by atoms with Crippen LogP contribution in [0.2, 0.25) is 0 Å². The predicted octanol–water partition coefficient (Wildman–Crippen LogP) is 2.34. The van der Waals surface area contributed by atoms with Crippen molar-refractivity contribution in [3.8, 4) is 11.5 Å². The van der Waals surface area contributed by atoms with Crippen molar-refractivity contribution in [3.63, 3.8) is 0 Å². The second-order valence-corrected chi connectivity index (χ2v) is 4.56. The summed E-state index contributed by atoms with van der Waals surface area (Å²) in [4.78, 5) is 16.1. The molecule has 2 aromatic rings. The van der Waals surface area contributed by atoms with E-state index in [2.05, 4.69) is 10.3 Å². The van der Waals surface area contributed by atoms with E-state index in [-0.39, 0.29) is 5.91 Å². The molecule has 1 aromatic heterocycles. The molecule has 1 heterocycles. The first-order chi connectivity index (χ1) is 10.1. The van der Waals surface area contributed by atoms with E-state index in [1.54, 1.807) is 26.5 Å². The smallest absolute Gasteiger partial charge is 0.253 e. The zero-order valence-corrected chi connectivity index (χ0v) is 12.3. The van der Waals surface area contributed by atoms with E-state index in [0.29, 0.717) is 23.6 Å². The Labute approximate surface area is 123 Å². The van der Waals surface area contributed by atoms with E-state index in [9.17, 15) is 4.79 Å². The van der Waals surface area contributed by atoms with E-state index in [0.717, 1.165) is 11.3 Å². The Hall–Kier alpha value is -2.56. The van der Waals surface area contributed by atoms with E-state index in [4.69, 9.17) is 9.47 Å². The van der Waals surface area contributed by atoms with Crippen LogP contribution in [0.5, 0.6) is 11.5 Å². The molecule has 110 valence electrons. The highest BCUT2D eigenvalue weighted by Gasteiger charge is 2.08. The Morgan fingerprint density at radius 1 is 1.14 bits per heavy atom. The van der Waals surface area contributed by atoms with Gasteiger partial charge < -0.3 is 14.8 Å². The summed E-state index contributed by atoms with van der Waals surface area (Å²) in [6, 6.07) is 9.10. The molecule has 2 rings (SSSR count). The molecule has 0 aliphatic heterocycles. The summed E-state index contributed by atoms with van der Waals surface area (Å²) >= 11 is 0. The van der Waals surface area contributed by atoms with Gasteiger partial charge in [0.2, 0.25) is 0 Å². The first kappa shape index (κ1) is 14.8. The van der Waals surface area contributed by atoms with Crippen LogP contribution in [0, 0.1) is 6.92 Å². The zero-order chi connectivity index (χ0) is 15.2. The van der Waals surface area contributed by atoms with Crippen LogP contribution >= 0.6 is 0 Å². The quantitative estimate of drug-likeness (QED) is 0.916. The highest BCUT2D eigenvalue weighted by Crippen LogP contribution is 2.27. The Bertz CT molecular complexity index is 624. The molecule has 0 radical (unpaired) electrons. The third kappa shape index (κ3) is 3.72. The van der Waals surface area contributed by atoms with Gasteiger partial charge in [-0.15, -0.1) is 0 Å². The van der Waals surface area contributed by atoms with Gasteiger partial charge in [0.25, 0.3) is 5.91 Å². The summed E-state index contributed by atoms with van der Waals surface area (Å²) < 4.78 is 10.4. The minimum atomic E-state index is -0.155. The van der Waals surface area contributed by atoms with Crippen molar-refractivity contribution in [3.05, 3.63) is 53.3 Å². The number of nitrogens with zero attached hydrogens (tertiary/aromatic N) is 1. The first-order valence-electron chi connectivity index (χ1n) is 6.56. The minimum absolute atomic E-state index is 0.155. The molecular weight excluding hydrogens is 268 g/mol. The second kappa shape index (κ2) is 6.74. The molecule has 1 aromatic carbocycles. The standard InChI is InChI=1S/C16H18N2O3/c1-11-4-6-13(10-17-11)16(19)18-9-12-5-7-14(20-2)15(8-12)21-3/h4-8,10H,9H2,1-3H3,(H,18,19). The number of hydrogen-bond acceptors (Lipinski definition) is 4. The molecular formula is C16H18N2O3. The van der Waals surface area contributed by atoms with Crippen molar-refractivity contribution in [1.82, 2.24) is 10.3 Å². The van der Waals surface area contributed by atoms with Gasteiger partial charge in [0.1, 0.15) is 0 Å². The van der Waals surface area contributed by atoms with Gasteiger partial charge >= 0.3 is 0 Å². The fourth-order valence-electron chi connectivity index (χ4n) is 1.88. The molecule has 5 heteroatoms. The van der Waals surface area contributed by atoms with Gasteiger partial charge in [0.15, 0.2) is 11.5 Å². The molecule has 0 aliphatic rings. The summed E-state index contributed by atoms with van der Waals surface area (Å²) in [6.45, 7) is 2.29. The van der Waals surface area contributed by atoms with Crippen molar-refractivity contribution in [1.29, 1.82) is 0 Å². The van der Waals surface area contributed by atoms with Gasteiger partial charge in [0.05, 0.1) is 19.8 Å². The van der Waals surface area contributed by atoms with Crippen molar-refractivity contribution in [2.45, 2.75) is 13.5 Å². The van der Waals surface area contributed by atoms with Crippen molar-refractivity contribution in [2.75, 3.05) is 14.2 Å². The summed E-state index contributed by atoms with van der Waals surface area (Å²) in [5, 5.41) is 2.85. The van der Waals surface area contributed by atoms with Gasteiger partial charge in [-0.1, -0.05) is 6.07 Å². The van der Waals surface area contributed by atoms with E-state index in [1.807, 2.05) is 31.2 Å². The molecule has 0 saturated heterocycles. The number of carbonyl (C=O) groups excluding carboxylic acids is 1. The number of pyridine rings is 1. The van der Waals surface area contributed by atoms with Crippen molar-refractivity contribution < 1.29 is 14.3 Å². The Balaban J connectivity index is 2.02. The van der Waals surface area contributed by atoms with E-state index >= 15 is 0 Å². The van der Waals surface area contributed by atoms with Gasteiger partial charge in [-0.25, -0.2) is 0 Å². The maximum absolute atomic E-state index is 12.0. The van der Waals surface area contributed by atoms with Crippen LogP contribution in [0.1, 0.15) is 21.6 Å². The van der Waals surface area contributed by atoms with Crippen LogP contribution in [-0.4, -0.2) is 25.1 Å². The normalized spacial score (nSPS) is 10.0. The molecule has 0 fully saturated rings. The lowest BCUT2D eigenvalue weighted by Gasteiger charge is -2.10. The average molecular weight is 286 g/mol. The number of aromatic nitrogens is 1. The maximum Gasteiger partial charge on any atom is 0.253 e. The van der Waals surface area contributed by atoms with Gasteiger partial charge in [0, 0.05) is 18.4 Å². The second-order valence-electron chi connectivity index (χ2n) is 4.56. The number of rotatable bonds is 5. The number of aryl methyl sites for hydroxylation is 1. The van der Waals surface area contributed by atoms with Gasteiger partial charge in [-0.05, 0) is 36.8 Å². The predicted molar refractivity (Wildman–Crippen MR) is 79.7 cm³/mol. The van der Waals surface area contributed by atoms with Crippen LogP contribution in [0.4, 0.5) is 0 Å². The lowest BCUT2D eigenvalue weighted by Crippen LogP contribution is -2.22. The van der Waals surface area contributed by atoms with E-state index in [1.165, 1.54) is 0 Å². The Kier molecular flexibility index (Phi) is 4.77. The monoisotopic (exact) mass is 286 g/mol. The Morgan fingerprint density at radius 2 is 1.90 bits per heavy atom. The minimum Gasteiger partial charge on any atom is -0.493 e. The zero-order valence-electron chi connectivity index (χ0n) is 12.3. The molecule has 0 aliphatic carbocycles. The van der Waals surface area contributed by atoms with Crippen molar-refractivity contribution >= 4 is 5.91 Å². The fraction of sp³-hybridized carbons (Fsp3) is 0.250. The van der Waals surface area contributed by atoms with E-state index < -0.39 is 0 Å². The molecule has 0 spiro atoms. The van der Waals surface area contributed by atoms with Crippen LogP contribution in [0.15, 0.2) is 36.5 Å². The number of nitrogens with one attached hydrogen (secondary N) is 1. The molecule has 0 bridgehead atoms. The summed E-state index contributed by atoms with van der Waals surface area (Å²) in [6.07, 6.45) is 1.57. The highest BCUT2D eigenvalue weighted by molar-refractivity contribution is 5.93. The molecule has 21 heavy (non-hydrogen) atoms. The summed E-state index contributed by atoms with van der Waals surface area (Å²) in [5.41, 5.74) is 2.36. The molecule has 0 unspecified atom stereocenters. The van der Waals surface area contributed by atoms with Crippen LogP contribution in [0.25, 0.3) is 0 Å². The third-order valence-electron chi connectivity index (χ3n) is 3.07. The number of benzene rings is 1.